The van der Waals surface area contributed by atoms with Gasteiger partial charge in [0.05, 0.1) is 5.56 Å². The molecule has 1 amide bonds. The number of carbonyl (C=O) groups is 1. The molecule has 0 aromatic heterocycles. The molecule has 6 heteroatoms. The van der Waals surface area contributed by atoms with Crippen molar-refractivity contribution < 1.29 is 22.7 Å². The second kappa shape index (κ2) is 8.89. The number of nitrogens with one attached hydrogen (secondary N) is 1. The molecule has 2 aromatic rings. The number of amides is 1. The van der Waals surface area contributed by atoms with E-state index in [1.165, 1.54) is 18.2 Å². The lowest BCUT2D eigenvalue weighted by Gasteiger charge is -2.09. The number of alkyl halides is 3. The van der Waals surface area contributed by atoms with E-state index in [4.69, 9.17) is 4.74 Å². The average Bonchev–Trinajstić information content (AvgIpc) is 2.63. The van der Waals surface area contributed by atoms with Crippen molar-refractivity contribution in [3.63, 3.8) is 0 Å². The fraction of sp³-hybridized carbons (Fsp3) is 0.150. The van der Waals surface area contributed by atoms with Crippen molar-refractivity contribution in [2.75, 3.05) is 6.54 Å². The summed E-state index contributed by atoms with van der Waals surface area (Å²) in [6.45, 7) is 4.05. The number of benzene rings is 2. The summed E-state index contributed by atoms with van der Waals surface area (Å²) in [5.41, 5.74) is 0.703. The standard InChI is InChI=1S/C20H18F3NO2/c1-2-12-24-19(25)11-8-15-4-3-5-18(13-15)26-14-16-6-9-17(10-7-16)20(21,22)23/h2-11,13H,1,12,14H2,(H,24,25). The number of carbonyl (C=O) groups excluding carboxylic acids is 1. The third-order valence-electron chi connectivity index (χ3n) is 3.39. The molecule has 0 aliphatic carbocycles. The second-order valence-corrected chi connectivity index (χ2v) is 5.42. The van der Waals surface area contributed by atoms with E-state index in [1.807, 2.05) is 6.07 Å². The average molecular weight is 361 g/mol. The Labute approximate surface area is 149 Å². The van der Waals surface area contributed by atoms with E-state index in [0.717, 1.165) is 17.7 Å². The summed E-state index contributed by atoms with van der Waals surface area (Å²) in [7, 11) is 0. The van der Waals surface area contributed by atoms with E-state index >= 15 is 0 Å². The Morgan fingerprint density at radius 1 is 1.15 bits per heavy atom. The van der Waals surface area contributed by atoms with Gasteiger partial charge in [-0.2, -0.15) is 13.2 Å². The van der Waals surface area contributed by atoms with Gasteiger partial charge in [0.1, 0.15) is 12.4 Å². The first kappa shape index (κ1) is 19.3. The van der Waals surface area contributed by atoms with Crippen molar-refractivity contribution in [3.8, 4) is 5.75 Å². The van der Waals surface area contributed by atoms with Crippen LogP contribution >= 0.6 is 0 Å². The first-order valence-electron chi connectivity index (χ1n) is 7.84. The van der Waals surface area contributed by atoms with Crippen LogP contribution in [0.1, 0.15) is 16.7 Å². The van der Waals surface area contributed by atoms with E-state index in [2.05, 4.69) is 11.9 Å². The number of ether oxygens (including phenoxy) is 1. The molecule has 0 fully saturated rings. The third-order valence-corrected chi connectivity index (χ3v) is 3.39. The molecule has 2 aromatic carbocycles. The number of hydrogen-bond acceptors (Lipinski definition) is 2. The molecule has 0 aliphatic heterocycles. The minimum Gasteiger partial charge on any atom is -0.489 e. The molecule has 0 atom stereocenters. The molecular weight excluding hydrogens is 343 g/mol. The largest absolute Gasteiger partial charge is 0.489 e. The van der Waals surface area contributed by atoms with Crippen molar-refractivity contribution in [1.29, 1.82) is 0 Å². The minimum atomic E-state index is -4.35. The number of hydrogen-bond donors (Lipinski definition) is 1. The van der Waals surface area contributed by atoms with E-state index in [-0.39, 0.29) is 12.5 Å². The van der Waals surface area contributed by atoms with Gasteiger partial charge in [0.25, 0.3) is 0 Å². The van der Waals surface area contributed by atoms with Gasteiger partial charge in [-0.1, -0.05) is 30.3 Å². The van der Waals surface area contributed by atoms with Crippen LogP contribution in [-0.4, -0.2) is 12.5 Å². The van der Waals surface area contributed by atoms with Crippen molar-refractivity contribution in [2.24, 2.45) is 0 Å². The highest BCUT2D eigenvalue weighted by molar-refractivity contribution is 5.91. The molecule has 0 radical (unpaired) electrons. The van der Waals surface area contributed by atoms with Gasteiger partial charge in [0.2, 0.25) is 5.91 Å². The van der Waals surface area contributed by atoms with Gasteiger partial charge in [-0.25, -0.2) is 0 Å². The van der Waals surface area contributed by atoms with Gasteiger partial charge in [-0.3, -0.25) is 4.79 Å². The SMILES string of the molecule is C=CCNC(=O)C=Cc1cccc(OCc2ccc(C(F)(F)F)cc2)c1. The highest BCUT2D eigenvalue weighted by atomic mass is 19.4. The first-order valence-corrected chi connectivity index (χ1v) is 7.84. The lowest BCUT2D eigenvalue weighted by molar-refractivity contribution is -0.137. The molecule has 2 rings (SSSR count). The zero-order valence-electron chi connectivity index (χ0n) is 13.9. The van der Waals surface area contributed by atoms with Crippen LogP contribution in [0.25, 0.3) is 6.08 Å². The Balaban J connectivity index is 1.95. The number of halogens is 3. The summed E-state index contributed by atoms with van der Waals surface area (Å²) >= 11 is 0. The predicted octanol–water partition coefficient (Wildman–Crippen LogP) is 4.60. The summed E-state index contributed by atoms with van der Waals surface area (Å²) in [5.74, 6) is 0.319. The molecule has 0 bridgehead atoms. The van der Waals surface area contributed by atoms with Crippen molar-refractivity contribution >= 4 is 12.0 Å². The monoisotopic (exact) mass is 361 g/mol. The van der Waals surface area contributed by atoms with E-state index in [9.17, 15) is 18.0 Å². The van der Waals surface area contributed by atoms with Crippen LogP contribution in [0.2, 0.25) is 0 Å². The Hall–Kier alpha value is -3.02. The van der Waals surface area contributed by atoms with Crippen LogP contribution in [0, 0.1) is 0 Å². The molecule has 0 heterocycles. The molecule has 1 N–H and O–H groups in total. The maximum atomic E-state index is 12.5. The Morgan fingerprint density at radius 2 is 1.88 bits per heavy atom. The fourth-order valence-corrected chi connectivity index (χ4v) is 2.07. The molecule has 136 valence electrons. The highest BCUT2D eigenvalue weighted by Gasteiger charge is 2.29. The quantitative estimate of drug-likeness (QED) is 0.578. The van der Waals surface area contributed by atoms with Crippen LogP contribution in [0.4, 0.5) is 13.2 Å². The van der Waals surface area contributed by atoms with Gasteiger partial charge >= 0.3 is 6.18 Å². The van der Waals surface area contributed by atoms with Crippen LogP contribution in [0.5, 0.6) is 5.75 Å². The molecule has 0 spiro atoms. The number of rotatable bonds is 7. The fourth-order valence-electron chi connectivity index (χ4n) is 2.07. The van der Waals surface area contributed by atoms with Gasteiger partial charge in [-0.15, -0.1) is 6.58 Å². The van der Waals surface area contributed by atoms with Gasteiger partial charge in [0.15, 0.2) is 0 Å². The van der Waals surface area contributed by atoms with E-state index < -0.39 is 11.7 Å². The van der Waals surface area contributed by atoms with Crippen molar-refractivity contribution in [1.82, 2.24) is 5.32 Å². The second-order valence-electron chi connectivity index (χ2n) is 5.42. The maximum absolute atomic E-state index is 12.5. The lowest BCUT2D eigenvalue weighted by atomic mass is 10.1. The Bertz CT molecular complexity index is 780. The molecule has 3 nitrogen and oxygen atoms in total. The van der Waals surface area contributed by atoms with Gasteiger partial charge < -0.3 is 10.1 Å². The molecule has 0 aliphatic rings. The molecule has 26 heavy (non-hydrogen) atoms. The Kier molecular flexibility index (Phi) is 6.60. The minimum absolute atomic E-state index is 0.144. The van der Waals surface area contributed by atoms with Crippen LogP contribution in [0.15, 0.2) is 67.3 Å². The normalized spacial score (nSPS) is 11.3. The van der Waals surface area contributed by atoms with Gasteiger partial charge in [-0.05, 0) is 41.5 Å². The highest BCUT2D eigenvalue weighted by Crippen LogP contribution is 2.29. The summed E-state index contributed by atoms with van der Waals surface area (Å²) < 4.78 is 43.2. The summed E-state index contributed by atoms with van der Waals surface area (Å²) in [4.78, 5) is 11.5. The zero-order valence-corrected chi connectivity index (χ0v) is 13.9. The topological polar surface area (TPSA) is 38.3 Å². The van der Waals surface area contributed by atoms with E-state index in [0.29, 0.717) is 17.9 Å². The molecule has 0 unspecified atom stereocenters. The van der Waals surface area contributed by atoms with Crippen molar-refractivity contribution in [2.45, 2.75) is 12.8 Å². The Morgan fingerprint density at radius 3 is 2.54 bits per heavy atom. The molecular formula is C20H18F3NO2. The third kappa shape index (κ3) is 6.12. The zero-order chi connectivity index (χ0) is 19.0. The molecule has 0 saturated carbocycles. The van der Waals surface area contributed by atoms with Crippen LogP contribution in [0.3, 0.4) is 0 Å². The van der Waals surface area contributed by atoms with Crippen LogP contribution < -0.4 is 10.1 Å². The lowest BCUT2D eigenvalue weighted by Crippen LogP contribution is -2.20. The summed E-state index contributed by atoms with van der Waals surface area (Å²) in [5, 5.41) is 2.62. The van der Waals surface area contributed by atoms with Crippen molar-refractivity contribution in [3.05, 3.63) is 84.0 Å². The molecule has 0 saturated heterocycles. The first-order chi connectivity index (χ1) is 12.4. The van der Waals surface area contributed by atoms with Gasteiger partial charge in [0, 0.05) is 12.6 Å². The van der Waals surface area contributed by atoms with E-state index in [1.54, 1.807) is 30.4 Å². The summed E-state index contributed by atoms with van der Waals surface area (Å²) in [6.07, 6.45) is 0.279. The smallest absolute Gasteiger partial charge is 0.416 e. The van der Waals surface area contributed by atoms with Crippen LogP contribution in [-0.2, 0) is 17.6 Å². The maximum Gasteiger partial charge on any atom is 0.416 e. The predicted molar refractivity (Wildman–Crippen MR) is 94.5 cm³/mol. The summed E-state index contributed by atoms with van der Waals surface area (Å²) in [6, 6.07) is 11.9.